The summed E-state index contributed by atoms with van der Waals surface area (Å²) in [5.74, 6) is 0. The second kappa shape index (κ2) is 7.74. The van der Waals surface area contributed by atoms with Crippen LogP contribution >= 0.6 is 8.69 Å². The van der Waals surface area contributed by atoms with Gasteiger partial charge in [0, 0.05) is 0 Å². The zero-order valence-corrected chi connectivity index (χ0v) is 10.0. The van der Waals surface area contributed by atoms with Gasteiger partial charge in [0.05, 0.1) is 21.1 Å². The molecule has 1 rings (SSSR count). The number of hydrogen-bond donors (Lipinski definition) is 0. The number of rotatable bonds is 4. The molecule has 1 heterocycles. The van der Waals surface area contributed by atoms with Crippen molar-refractivity contribution in [1.29, 1.82) is 0 Å². The third-order valence-electron chi connectivity index (χ3n) is 1.32. The quantitative estimate of drug-likeness (QED) is 0.418. The Morgan fingerprint density at radius 1 is 1.50 bits per heavy atom. The highest BCUT2D eigenvalue weighted by Gasteiger charge is 2.04. The summed E-state index contributed by atoms with van der Waals surface area (Å²) in [7, 11) is 5.20. The van der Waals surface area contributed by atoms with E-state index in [0.29, 0.717) is 6.61 Å². The topological polar surface area (TPSA) is 53.3 Å². The molecule has 14 heavy (non-hydrogen) atoms. The monoisotopic (exact) mass is 219 g/mol. The molecule has 0 bridgehead atoms. The number of likely N-dealkylation sites (N-methyl/N-ethyl adjacent to an activating group) is 1. The van der Waals surface area contributed by atoms with E-state index in [0.717, 1.165) is 11.0 Å². The molecule has 0 aliphatic carbocycles. The van der Waals surface area contributed by atoms with Crippen molar-refractivity contribution in [3.63, 3.8) is 0 Å². The van der Waals surface area contributed by atoms with Gasteiger partial charge in [-0.1, -0.05) is 18.7 Å². The van der Waals surface area contributed by atoms with E-state index in [1.54, 1.807) is 12.4 Å². The molecule has 82 valence electrons. The average molecular weight is 219 g/mol. The predicted molar refractivity (Wildman–Crippen MR) is 56.8 cm³/mol. The summed E-state index contributed by atoms with van der Waals surface area (Å²) in [6, 6.07) is 0. The number of quaternary nitrogens is 1. The largest absolute Gasteiger partial charge is 0.450 e. The normalized spacial score (nSPS) is 11.4. The van der Waals surface area contributed by atoms with E-state index >= 15 is 0 Å². The van der Waals surface area contributed by atoms with Crippen LogP contribution in [0, 0.1) is 0 Å². The van der Waals surface area contributed by atoms with Gasteiger partial charge in [0.1, 0.15) is 13.2 Å². The lowest BCUT2D eigenvalue weighted by molar-refractivity contribution is -0.870. The first-order chi connectivity index (χ1) is 6.56. The molecule has 6 heteroatoms. The van der Waals surface area contributed by atoms with Crippen LogP contribution in [0.1, 0.15) is 0 Å². The van der Waals surface area contributed by atoms with Gasteiger partial charge in [-0.25, -0.2) is 0 Å². The van der Waals surface area contributed by atoms with Gasteiger partial charge in [0.15, 0.2) is 8.69 Å². The Kier molecular flexibility index (Phi) is 7.38. The maximum Gasteiger partial charge on any atom is 0.180 e. The van der Waals surface area contributed by atoms with Crippen molar-refractivity contribution >= 4 is 8.69 Å². The third kappa shape index (κ3) is 11.4. The Morgan fingerprint density at radius 3 is 2.50 bits per heavy atom. The molecule has 1 aromatic heterocycles. The van der Waals surface area contributed by atoms with Gasteiger partial charge in [-0.05, 0) is 0 Å². The van der Waals surface area contributed by atoms with Crippen LogP contribution in [0.4, 0.5) is 0 Å². The lowest BCUT2D eigenvalue weighted by atomic mass is 10.5. The van der Waals surface area contributed by atoms with E-state index in [2.05, 4.69) is 31.1 Å². The Hall–Kier alpha value is -0.640. The highest BCUT2D eigenvalue weighted by Crippen LogP contribution is 1.96. The van der Waals surface area contributed by atoms with Gasteiger partial charge in [0.25, 0.3) is 0 Å². The molecule has 0 aromatic carbocycles. The Labute approximate surface area is 86.0 Å². The van der Waals surface area contributed by atoms with E-state index in [1.807, 2.05) is 0 Å². The van der Waals surface area contributed by atoms with Gasteiger partial charge in [-0.15, -0.1) is 0 Å². The molecule has 0 amide bonds. The van der Waals surface area contributed by atoms with Gasteiger partial charge in [-0.2, -0.15) is 0 Å². The smallest absolute Gasteiger partial charge is 0.180 e. The van der Waals surface area contributed by atoms with Crippen LogP contribution in [-0.2, 0) is 9.09 Å². The van der Waals surface area contributed by atoms with Crippen molar-refractivity contribution in [3.05, 3.63) is 18.7 Å². The Balaban J connectivity index is 0.000000280. The van der Waals surface area contributed by atoms with Crippen molar-refractivity contribution in [1.82, 2.24) is 9.97 Å². The lowest BCUT2D eigenvalue weighted by Gasteiger charge is -2.22. The zero-order chi connectivity index (χ0) is 10.9. The average Bonchev–Trinajstić information content (AvgIpc) is 2.59. The van der Waals surface area contributed by atoms with Crippen LogP contribution in [0.25, 0.3) is 0 Å². The summed E-state index contributed by atoms with van der Waals surface area (Å²) >= 11 is 0. The van der Waals surface area contributed by atoms with E-state index < -0.39 is 8.69 Å². The van der Waals surface area contributed by atoms with Gasteiger partial charge >= 0.3 is 0 Å². The molecule has 0 N–H and O–H groups in total. The van der Waals surface area contributed by atoms with E-state index in [9.17, 15) is 4.57 Å². The van der Waals surface area contributed by atoms with Crippen LogP contribution in [0.2, 0.25) is 0 Å². The van der Waals surface area contributed by atoms with Crippen LogP contribution in [0.15, 0.2) is 18.7 Å². The third-order valence-corrected chi connectivity index (χ3v) is 1.69. The molecule has 0 fully saturated rings. The number of aromatic nitrogens is 2. The molecule has 0 saturated carbocycles. The fourth-order valence-corrected chi connectivity index (χ4v) is 0.769. The van der Waals surface area contributed by atoms with Crippen molar-refractivity contribution in [2.75, 3.05) is 34.3 Å². The SMILES string of the molecule is C[N+](C)(C)CCO[PH2]=O.c1c[n-]cn1. The molecule has 1 atom stereocenters. The molecule has 5 nitrogen and oxygen atoms in total. The summed E-state index contributed by atoms with van der Waals surface area (Å²) in [6.07, 6.45) is 4.78. The molecule has 0 aliphatic heterocycles. The lowest BCUT2D eigenvalue weighted by Crippen LogP contribution is -2.37. The minimum atomic E-state index is -1.02. The predicted octanol–water partition coefficient (Wildman–Crippen LogP) is 0.419. The van der Waals surface area contributed by atoms with Crippen LogP contribution in [-0.4, -0.2) is 43.8 Å². The number of hydrogen-bond acceptors (Lipinski definition) is 3. The van der Waals surface area contributed by atoms with E-state index in [-0.39, 0.29) is 0 Å². The Bertz CT molecular complexity index is 204. The fourth-order valence-electron chi connectivity index (χ4n) is 0.567. The minimum Gasteiger partial charge on any atom is -0.450 e. The summed E-state index contributed by atoms with van der Waals surface area (Å²) in [6.45, 7) is 1.51. The molecule has 0 saturated heterocycles. The molecule has 1 aromatic rings. The second-order valence-corrected chi connectivity index (χ2v) is 4.22. The number of imidazole rings is 1. The first kappa shape index (κ1) is 13.4. The minimum absolute atomic E-state index is 0.600. The van der Waals surface area contributed by atoms with Crippen LogP contribution in [0.5, 0.6) is 0 Å². The highest BCUT2D eigenvalue weighted by molar-refractivity contribution is 7.17. The molecule has 0 radical (unpaired) electrons. The van der Waals surface area contributed by atoms with Crippen molar-refractivity contribution < 1.29 is 13.6 Å². The van der Waals surface area contributed by atoms with Crippen LogP contribution < -0.4 is 4.98 Å². The summed E-state index contributed by atoms with van der Waals surface area (Å²) < 4.78 is 15.5. The molecule has 1 unspecified atom stereocenters. The van der Waals surface area contributed by atoms with Crippen molar-refractivity contribution in [2.45, 2.75) is 0 Å². The Morgan fingerprint density at radius 2 is 2.21 bits per heavy atom. The first-order valence-corrected chi connectivity index (χ1v) is 5.23. The zero-order valence-electron chi connectivity index (χ0n) is 8.88. The van der Waals surface area contributed by atoms with Gasteiger partial charge < -0.3 is 19.0 Å². The molecular weight excluding hydrogens is 201 g/mol. The second-order valence-electron chi connectivity index (χ2n) is 3.69. The maximum absolute atomic E-state index is 9.87. The summed E-state index contributed by atoms with van der Waals surface area (Å²) in [5.41, 5.74) is 0. The number of nitrogens with zero attached hydrogens (tertiary/aromatic N) is 3. The standard InChI is InChI=1S/C5H15NO2P.C3H3N2/c1-6(2,3)4-5-8-9-7;1-2-5-3-4-1/h4-5,9H2,1-3H3;1-3H/q+1;-1. The van der Waals surface area contributed by atoms with E-state index in [1.165, 1.54) is 6.33 Å². The van der Waals surface area contributed by atoms with E-state index in [4.69, 9.17) is 4.52 Å². The summed E-state index contributed by atoms with van der Waals surface area (Å²) in [5, 5.41) is 0. The van der Waals surface area contributed by atoms with Crippen molar-refractivity contribution in [2.24, 2.45) is 0 Å². The van der Waals surface area contributed by atoms with Crippen molar-refractivity contribution in [3.8, 4) is 0 Å². The molecule has 0 aliphatic rings. The molecular formula is C8H18N3O2P. The maximum atomic E-state index is 9.87. The summed E-state index contributed by atoms with van der Waals surface area (Å²) in [4.78, 5) is 7.22. The van der Waals surface area contributed by atoms with Gasteiger partial charge in [0.2, 0.25) is 0 Å². The molecule has 0 spiro atoms. The highest BCUT2D eigenvalue weighted by atomic mass is 31.1. The first-order valence-electron chi connectivity index (χ1n) is 4.28. The van der Waals surface area contributed by atoms with Crippen LogP contribution in [0.3, 0.4) is 0 Å². The van der Waals surface area contributed by atoms with Gasteiger partial charge in [-0.3, -0.25) is 4.57 Å². The fraction of sp³-hybridized carbons (Fsp3) is 0.625.